The van der Waals surface area contributed by atoms with E-state index in [0.29, 0.717) is 36.0 Å². The topological polar surface area (TPSA) is 46.5 Å². The molecule has 1 N–H and O–H groups in total. The summed E-state index contributed by atoms with van der Waals surface area (Å²) in [5.41, 5.74) is 2.26. The highest BCUT2D eigenvalue weighted by Gasteiger charge is 2.50. The fourth-order valence-corrected chi connectivity index (χ4v) is 7.22. The van der Waals surface area contributed by atoms with E-state index in [2.05, 4.69) is 32.9 Å². The third-order valence-electron chi connectivity index (χ3n) is 9.21. The number of aliphatic hydroxyl groups is 1. The van der Waals surface area contributed by atoms with E-state index in [1.54, 1.807) is 0 Å². The summed E-state index contributed by atoms with van der Waals surface area (Å²) in [6.07, 6.45) is 9.33. The molecule has 0 radical (unpaired) electrons. The van der Waals surface area contributed by atoms with Crippen molar-refractivity contribution in [1.29, 1.82) is 0 Å². The predicted octanol–water partition coefficient (Wildman–Crippen LogP) is 7.93. The average molecular weight is 499 g/mol. The Bertz CT molecular complexity index is 807. The molecule has 3 fully saturated rings. The number of esters is 1. The first-order chi connectivity index (χ1) is 16.2. The van der Waals surface area contributed by atoms with Gasteiger partial charge >= 0.3 is 12.1 Å². The minimum Gasteiger partial charge on any atom is -0.455 e. The van der Waals surface area contributed by atoms with Crippen molar-refractivity contribution in [3.05, 3.63) is 23.3 Å². The van der Waals surface area contributed by atoms with Gasteiger partial charge in [-0.1, -0.05) is 56.9 Å². The van der Waals surface area contributed by atoms with E-state index in [0.717, 1.165) is 37.7 Å². The lowest BCUT2D eigenvalue weighted by Crippen LogP contribution is -2.36. The molecule has 3 nitrogen and oxygen atoms in total. The van der Waals surface area contributed by atoms with Crippen LogP contribution in [-0.4, -0.2) is 29.0 Å². The fraction of sp³-hybridized carbons (Fsp3) is 0.828. The Morgan fingerprint density at radius 1 is 1.17 bits per heavy atom. The lowest BCUT2D eigenvalue weighted by Gasteiger charge is -2.44. The van der Waals surface area contributed by atoms with Crippen LogP contribution in [-0.2, 0) is 9.53 Å². The number of fused-ring (bicyclic) bond motifs is 1. The van der Waals surface area contributed by atoms with Crippen LogP contribution in [0.15, 0.2) is 23.3 Å². The molecule has 0 heterocycles. The van der Waals surface area contributed by atoms with Crippen molar-refractivity contribution in [2.75, 3.05) is 0 Å². The van der Waals surface area contributed by atoms with Crippen molar-refractivity contribution in [3.8, 4) is 0 Å². The van der Waals surface area contributed by atoms with E-state index < -0.39 is 23.9 Å². The highest BCUT2D eigenvalue weighted by atomic mass is 19.4. The first-order valence-electron chi connectivity index (χ1n) is 13.6. The minimum atomic E-state index is -4.94. The average Bonchev–Trinajstić information content (AvgIpc) is 3.10. The van der Waals surface area contributed by atoms with Gasteiger partial charge in [0.2, 0.25) is 0 Å². The molecule has 3 aliphatic carbocycles. The Morgan fingerprint density at radius 3 is 2.51 bits per heavy atom. The van der Waals surface area contributed by atoms with Crippen molar-refractivity contribution in [2.24, 2.45) is 29.1 Å². The number of rotatable bonds is 7. The zero-order valence-corrected chi connectivity index (χ0v) is 22.2. The van der Waals surface area contributed by atoms with Crippen LogP contribution in [0, 0.1) is 29.1 Å². The molecule has 6 atom stereocenters. The molecule has 3 saturated carbocycles. The molecule has 200 valence electrons. The van der Waals surface area contributed by atoms with Crippen LogP contribution < -0.4 is 0 Å². The van der Waals surface area contributed by atoms with Crippen molar-refractivity contribution >= 4 is 5.97 Å². The first kappa shape index (κ1) is 28.3. The second-order valence-electron chi connectivity index (χ2n) is 12.5. The SMILES string of the molecule is CC1CC[C@H](OC(=O)C(F)(F)F)CC1=CC=C1CCC[C@@]2(C)C1CC[C@@H]2C(C)CCCC(C)(C)O. The molecule has 3 unspecified atom stereocenters. The maximum Gasteiger partial charge on any atom is 0.490 e. The third kappa shape index (κ3) is 7.14. The molecule has 0 aromatic rings. The van der Waals surface area contributed by atoms with Gasteiger partial charge in [0.15, 0.2) is 0 Å². The van der Waals surface area contributed by atoms with Gasteiger partial charge in [0, 0.05) is 6.42 Å². The number of ether oxygens (including phenoxy) is 1. The molecule has 0 saturated heterocycles. The molecule has 0 bridgehead atoms. The van der Waals surface area contributed by atoms with Crippen molar-refractivity contribution in [1.82, 2.24) is 0 Å². The molecular weight excluding hydrogens is 453 g/mol. The molecule has 0 spiro atoms. The van der Waals surface area contributed by atoms with Gasteiger partial charge in [-0.25, -0.2) is 4.79 Å². The summed E-state index contributed by atoms with van der Waals surface area (Å²) in [5, 5.41) is 10.1. The second kappa shape index (κ2) is 11.0. The monoisotopic (exact) mass is 498 g/mol. The van der Waals surface area contributed by atoms with Crippen LogP contribution >= 0.6 is 0 Å². The highest BCUT2D eigenvalue weighted by molar-refractivity contribution is 5.75. The summed E-state index contributed by atoms with van der Waals surface area (Å²) in [6.45, 7) is 10.7. The molecule has 0 aromatic carbocycles. The second-order valence-corrected chi connectivity index (χ2v) is 12.5. The zero-order valence-electron chi connectivity index (χ0n) is 22.2. The van der Waals surface area contributed by atoms with Crippen molar-refractivity contribution in [2.45, 2.75) is 123 Å². The quantitative estimate of drug-likeness (QED) is 0.363. The van der Waals surface area contributed by atoms with Crippen LogP contribution in [0.5, 0.6) is 0 Å². The molecule has 6 heteroatoms. The van der Waals surface area contributed by atoms with Gasteiger partial charge in [-0.15, -0.1) is 0 Å². The fourth-order valence-electron chi connectivity index (χ4n) is 7.22. The smallest absolute Gasteiger partial charge is 0.455 e. The zero-order chi connectivity index (χ0) is 26.0. The van der Waals surface area contributed by atoms with E-state index >= 15 is 0 Å². The maximum absolute atomic E-state index is 12.6. The predicted molar refractivity (Wildman–Crippen MR) is 133 cm³/mol. The molecule has 0 amide bonds. The summed E-state index contributed by atoms with van der Waals surface area (Å²) in [4.78, 5) is 11.3. The lowest BCUT2D eigenvalue weighted by molar-refractivity contribution is -0.205. The van der Waals surface area contributed by atoms with Gasteiger partial charge in [-0.3, -0.25) is 0 Å². The van der Waals surface area contributed by atoms with Gasteiger partial charge in [0.1, 0.15) is 6.10 Å². The molecule has 3 rings (SSSR count). The normalized spacial score (nSPS) is 35.2. The Morgan fingerprint density at radius 2 is 1.86 bits per heavy atom. The van der Waals surface area contributed by atoms with Crippen LogP contribution in [0.25, 0.3) is 0 Å². The van der Waals surface area contributed by atoms with Crippen LogP contribution in [0.4, 0.5) is 13.2 Å². The maximum atomic E-state index is 12.6. The number of hydrogen-bond donors (Lipinski definition) is 1. The van der Waals surface area contributed by atoms with E-state index in [1.807, 2.05) is 13.8 Å². The summed E-state index contributed by atoms with van der Waals surface area (Å²) in [6, 6.07) is 0. The van der Waals surface area contributed by atoms with E-state index in [9.17, 15) is 23.1 Å². The molecule has 0 aromatic heterocycles. The largest absolute Gasteiger partial charge is 0.490 e. The molecular formula is C29H45F3O3. The molecule has 0 aliphatic heterocycles. The summed E-state index contributed by atoms with van der Waals surface area (Å²) < 4.78 is 42.7. The van der Waals surface area contributed by atoms with Crippen LogP contribution in [0.1, 0.15) is 105 Å². The summed E-state index contributed by atoms with van der Waals surface area (Å²) in [7, 11) is 0. The Balaban J connectivity index is 1.67. The lowest BCUT2D eigenvalue weighted by atomic mass is 9.60. The Labute approximate surface area is 209 Å². The summed E-state index contributed by atoms with van der Waals surface area (Å²) in [5.74, 6) is 0.0896. The van der Waals surface area contributed by atoms with Crippen molar-refractivity contribution in [3.63, 3.8) is 0 Å². The molecule has 35 heavy (non-hydrogen) atoms. The number of halogens is 3. The van der Waals surface area contributed by atoms with Gasteiger partial charge in [-0.05, 0) is 94.3 Å². The van der Waals surface area contributed by atoms with Crippen LogP contribution in [0.3, 0.4) is 0 Å². The first-order valence-corrected chi connectivity index (χ1v) is 13.6. The van der Waals surface area contributed by atoms with Gasteiger partial charge in [0.25, 0.3) is 0 Å². The Kier molecular flexibility index (Phi) is 8.87. The third-order valence-corrected chi connectivity index (χ3v) is 9.21. The van der Waals surface area contributed by atoms with Crippen LogP contribution in [0.2, 0.25) is 0 Å². The highest BCUT2D eigenvalue weighted by Crippen LogP contribution is 2.60. The number of hydrogen-bond acceptors (Lipinski definition) is 3. The number of allylic oxidation sites excluding steroid dienone is 3. The number of carbonyl (C=O) groups excluding carboxylic acids is 1. The number of carbonyl (C=O) groups is 1. The minimum absolute atomic E-state index is 0.287. The number of alkyl halides is 3. The van der Waals surface area contributed by atoms with Crippen molar-refractivity contribution < 1.29 is 27.8 Å². The van der Waals surface area contributed by atoms with Gasteiger partial charge in [0.05, 0.1) is 5.60 Å². The van der Waals surface area contributed by atoms with E-state index in [-0.39, 0.29) is 5.92 Å². The van der Waals surface area contributed by atoms with E-state index in [4.69, 9.17) is 4.74 Å². The van der Waals surface area contributed by atoms with Gasteiger partial charge in [-0.2, -0.15) is 13.2 Å². The Hall–Kier alpha value is -1.30. The summed E-state index contributed by atoms with van der Waals surface area (Å²) >= 11 is 0. The standard InChI is InChI=1S/C29H45F3O3/c1-19-10-13-23(35-26(33)29(30,31)32)18-22(19)12-11-21-9-7-17-28(5)24(14-15-25(21)28)20(2)8-6-16-27(3,4)34/h11-12,19-20,23-25,34H,6-10,13-18H2,1-5H3/t19?,20?,23-,24+,25?,28+/m0/s1. The molecule has 3 aliphatic rings. The van der Waals surface area contributed by atoms with E-state index in [1.165, 1.54) is 31.3 Å². The van der Waals surface area contributed by atoms with Gasteiger partial charge < -0.3 is 9.84 Å².